The van der Waals surface area contributed by atoms with E-state index < -0.39 is 0 Å². The van der Waals surface area contributed by atoms with Crippen molar-refractivity contribution in [2.45, 2.75) is 38.3 Å². The molecule has 2 aromatic heterocycles. The molecule has 0 aliphatic carbocycles. The summed E-state index contributed by atoms with van der Waals surface area (Å²) in [6, 6.07) is 3.89. The van der Waals surface area contributed by atoms with Crippen LogP contribution in [0, 0.1) is 0 Å². The lowest BCUT2D eigenvalue weighted by Gasteiger charge is -2.11. The summed E-state index contributed by atoms with van der Waals surface area (Å²) in [5.41, 5.74) is 1.83. The number of imidazole rings is 1. The van der Waals surface area contributed by atoms with Crippen LogP contribution in [0.2, 0.25) is 0 Å². The van der Waals surface area contributed by atoms with Crippen LogP contribution in [-0.2, 0) is 17.7 Å². The Morgan fingerprint density at radius 1 is 1.47 bits per heavy atom. The lowest BCUT2D eigenvalue weighted by Crippen LogP contribution is -2.14. The van der Waals surface area contributed by atoms with Crippen molar-refractivity contribution in [1.29, 1.82) is 0 Å². The van der Waals surface area contributed by atoms with Gasteiger partial charge in [0.25, 0.3) is 0 Å². The van der Waals surface area contributed by atoms with Crippen molar-refractivity contribution in [2.24, 2.45) is 0 Å². The van der Waals surface area contributed by atoms with Crippen LogP contribution in [0.25, 0.3) is 11.2 Å². The lowest BCUT2D eigenvalue weighted by molar-refractivity contribution is 0.109. The smallest absolute Gasteiger partial charge is 0.159 e. The first-order chi connectivity index (χ1) is 9.38. The fraction of sp³-hybridized carbons (Fsp3) is 0.571. The van der Waals surface area contributed by atoms with E-state index in [1.807, 2.05) is 12.1 Å². The fourth-order valence-corrected chi connectivity index (χ4v) is 2.63. The highest BCUT2D eigenvalue weighted by Gasteiger charge is 2.20. The zero-order chi connectivity index (χ0) is 13.1. The standard InChI is InChI=1S/C14H19N3O2/c18-8-3-7-17-13(10-11-4-2-9-19-11)16-12-5-1-6-15-14(12)17/h1,5-6,11,18H,2-4,7-10H2. The number of hydrogen-bond donors (Lipinski definition) is 1. The summed E-state index contributed by atoms with van der Waals surface area (Å²) in [5.74, 6) is 1.02. The predicted octanol–water partition coefficient (Wildman–Crippen LogP) is 1.54. The molecule has 1 saturated heterocycles. The van der Waals surface area contributed by atoms with Crippen molar-refractivity contribution in [3.05, 3.63) is 24.2 Å². The molecule has 3 rings (SSSR count). The van der Waals surface area contributed by atoms with Gasteiger partial charge in [-0.3, -0.25) is 0 Å². The summed E-state index contributed by atoms with van der Waals surface area (Å²) in [4.78, 5) is 9.08. The summed E-state index contributed by atoms with van der Waals surface area (Å²) in [7, 11) is 0. The molecule has 0 saturated carbocycles. The molecule has 0 spiro atoms. The molecule has 1 aliphatic rings. The molecule has 1 unspecified atom stereocenters. The third-order valence-corrected chi connectivity index (χ3v) is 3.56. The zero-order valence-electron chi connectivity index (χ0n) is 11.0. The van der Waals surface area contributed by atoms with Gasteiger partial charge in [-0.15, -0.1) is 0 Å². The molecule has 19 heavy (non-hydrogen) atoms. The molecule has 1 atom stereocenters. The Morgan fingerprint density at radius 2 is 2.42 bits per heavy atom. The maximum atomic E-state index is 9.03. The summed E-state index contributed by atoms with van der Waals surface area (Å²) in [5, 5.41) is 9.03. The quantitative estimate of drug-likeness (QED) is 0.886. The Balaban J connectivity index is 1.91. The average molecular weight is 261 g/mol. The Labute approximate surface area is 112 Å². The number of pyridine rings is 1. The minimum atomic E-state index is 0.186. The molecule has 102 valence electrons. The van der Waals surface area contributed by atoms with Gasteiger partial charge in [-0.25, -0.2) is 9.97 Å². The van der Waals surface area contributed by atoms with E-state index in [-0.39, 0.29) is 12.7 Å². The van der Waals surface area contributed by atoms with Crippen LogP contribution in [0.5, 0.6) is 0 Å². The molecule has 0 aromatic carbocycles. The van der Waals surface area contributed by atoms with E-state index in [2.05, 4.69) is 14.5 Å². The van der Waals surface area contributed by atoms with Gasteiger partial charge >= 0.3 is 0 Å². The van der Waals surface area contributed by atoms with Crippen LogP contribution >= 0.6 is 0 Å². The summed E-state index contributed by atoms with van der Waals surface area (Å²) in [6.07, 6.45) is 5.87. The molecule has 5 nitrogen and oxygen atoms in total. The summed E-state index contributed by atoms with van der Waals surface area (Å²) < 4.78 is 7.81. The first-order valence-electron chi connectivity index (χ1n) is 6.91. The number of nitrogens with zero attached hydrogens (tertiary/aromatic N) is 3. The third-order valence-electron chi connectivity index (χ3n) is 3.56. The van der Waals surface area contributed by atoms with Crippen molar-refractivity contribution < 1.29 is 9.84 Å². The molecule has 1 N–H and O–H groups in total. The van der Waals surface area contributed by atoms with Crippen molar-refractivity contribution in [1.82, 2.24) is 14.5 Å². The van der Waals surface area contributed by atoms with Gasteiger partial charge in [-0.2, -0.15) is 0 Å². The van der Waals surface area contributed by atoms with E-state index >= 15 is 0 Å². The molecule has 1 fully saturated rings. The van der Waals surface area contributed by atoms with Gasteiger partial charge < -0.3 is 14.4 Å². The zero-order valence-corrected chi connectivity index (χ0v) is 11.0. The second-order valence-corrected chi connectivity index (χ2v) is 4.94. The Bertz CT molecular complexity index is 547. The molecule has 2 aromatic rings. The monoisotopic (exact) mass is 261 g/mol. The first kappa shape index (κ1) is 12.6. The van der Waals surface area contributed by atoms with Crippen LogP contribution in [0.1, 0.15) is 25.1 Å². The highest BCUT2D eigenvalue weighted by molar-refractivity contribution is 5.71. The van der Waals surface area contributed by atoms with E-state index in [1.165, 1.54) is 0 Å². The molecule has 3 heterocycles. The topological polar surface area (TPSA) is 60.2 Å². The van der Waals surface area contributed by atoms with Crippen molar-refractivity contribution in [2.75, 3.05) is 13.2 Å². The summed E-state index contributed by atoms with van der Waals surface area (Å²) in [6.45, 7) is 1.80. The lowest BCUT2D eigenvalue weighted by atomic mass is 10.2. The number of aliphatic hydroxyl groups is 1. The van der Waals surface area contributed by atoms with Crippen molar-refractivity contribution >= 4 is 11.2 Å². The number of aryl methyl sites for hydroxylation is 1. The van der Waals surface area contributed by atoms with Gasteiger partial charge in [0.05, 0.1) is 6.10 Å². The predicted molar refractivity (Wildman–Crippen MR) is 71.9 cm³/mol. The molecule has 0 bridgehead atoms. The van der Waals surface area contributed by atoms with Crippen molar-refractivity contribution in [3.63, 3.8) is 0 Å². The number of rotatable bonds is 5. The van der Waals surface area contributed by atoms with Crippen molar-refractivity contribution in [3.8, 4) is 0 Å². The number of fused-ring (bicyclic) bond motifs is 1. The van der Waals surface area contributed by atoms with Crippen LogP contribution < -0.4 is 0 Å². The first-order valence-corrected chi connectivity index (χ1v) is 6.91. The Morgan fingerprint density at radius 3 is 3.21 bits per heavy atom. The minimum absolute atomic E-state index is 0.186. The van der Waals surface area contributed by atoms with Crippen LogP contribution in [0.3, 0.4) is 0 Å². The SMILES string of the molecule is OCCCn1c(CC2CCCO2)nc2cccnc21. The molecule has 1 aliphatic heterocycles. The van der Waals surface area contributed by atoms with E-state index in [1.54, 1.807) is 6.20 Å². The number of aliphatic hydroxyl groups excluding tert-OH is 1. The molecular formula is C14H19N3O2. The van der Waals surface area contributed by atoms with Gasteiger partial charge in [-0.05, 0) is 31.4 Å². The fourth-order valence-electron chi connectivity index (χ4n) is 2.63. The van der Waals surface area contributed by atoms with E-state index in [0.29, 0.717) is 0 Å². The maximum Gasteiger partial charge on any atom is 0.159 e. The van der Waals surface area contributed by atoms with Gasteiger partial charge in [0.2, 0.25) is 0 Å². The van der Waals surface area contributed by atoms with E-state index in [0.717, 1.165) is 55.8 Å². The van der Waals surface area contributed by atoms with E-state index in [9.17, 15) is 0 Å². The van der Waals surface area contributed by atoms with Crippen LogP contribution in [0.15, 0.2) is 18.3 Å². The third kappa shape index (κ3) is 2.62. The largest absolute Gasteiger partial charge is 0.396 e. The van der Waals surface area contributed by atoms with Gasteiger partial charge in [0.15, 0.2) is 5.65 Å². The summed E-state index contributed by atoms with van der Waals surface area (Å²) >= 11 is 0. The normalized spacial score (nSPS) is 19.3. The number of aromatic nitrogens is 3. The van der Waals surface area contributed by atoms with E-state index in [4.69, 9.17) is 9.84 Å². The van der Waals surface area contributed by atoms with Crippen LogP contribution in [-0.4, -0.2) is 39.0 Å². The molecule has 0 radical (unpaired) electrons. The van der Waals surface area contributed by atoms with Gasteiger partial charge in [-0.1, -0.05) is 0 Å². The van der Waals surface area contributed by atoms with Gasteiger partial charge in [0.1, 0.15) is 11.3 Å². The number of hydrogen-bond acceptors (Lipinski definition) is 4. The maximum absolute atomic E-state index is 9.03. The Hall–Kier alpha value is -1.46. The van der Waals surface area contributed by atoms with Gasteiger partial charge in [0, 0.05) is 32.4 Å². The molecule has 5 heteroatoms. The highest BCUT2D eigenvalue weighted by atomic mass is 16.5. The Kier molecular flexibility index (Phi) is 3.75. The minimum Gasteiger partial charge on any atom is -0.396 e. The average Bonchev–Trinajstić information content (AvgIpc) is 3.04. The number of ether oxygens (including phenoxy) is 1. The second-order valence-electron chi connectivity index (χ2n) is 4.94. The highest BCUT2D eigenvalue weighted by Crippen LogP contribution is 2.20. The van der Waals surface area contributed by atoms with Crippen LogP contribution in [0.4, 0.5) is 0 Å². The second kappa shape index (κ2) is 5.67. The molecule has 0 amide bonds. The molecular weight excluding hydrogens is 242 g/mol.